The molecule has 1 aromatic carbocycles. The standard InChI is InChI=1S/C12H13BrF2O/c1-11(2)6-5-7(14)10(15)9(13)8(6)12(3,4)16-11/h5H,1-4H3. The lowest BCUT2D eigenvalue weighted by Gasteiger charge is -2.24. The minimum Gasteiger partial charge on any atom is -0.360 e. The van der Waals surface area contributed by atoms with Crippen LogP contribution in [-0.2, 0) is 15.9 Å². The monoisotopic (exact) mass is 290 g/mol. The SMILES string of the molecule is CC1(C)OC(C)(C)c2c1cc(F)c(F)c2Br. The Morgan fingerprint density at radius 2 is 1.69 bits per heavy atom. The van der Waals surface area contributed by atoms with Gasteiger partial charge in [0.2, 0.25) is 0 Å². The van der Waals surface area contributed by atoms with Crippen LogP contribution < -0.4 is 0 Å². The summed E-state index contributed by atoms with van der Waals surface area (Å²) in [6, 6.07) is 1.23. The molecule has 1 aliphatic heterocycles. The normalized spacial score (nSPS) is 20.9. The molecule has 0 saturated carbocycles. The summed E-state index contributed by atoms with van der Waals surface area (Å²) in [5.74, 6) is -1.70. The van der Waals surface area contributed by atoms with Crippen LogP contribution in [-0.4, -0.2) is 0 Å². The molecule has 0 atom stereocenters. The first-order valence-corrected chi connectivity index (χ1v) is 5.85. The zero-order valence-electron chi connectivity index (χ0n) is 9.62. The highest BCUT2D eigenvalue weighted by Crippen LogP contribution is 2.50. The van der Waals surface area contributed by atoms with Gasteiger partial charge in [-0.25, -0.2) is 8.78 Å². The highest BCUT2D eigenvalue weighted by molar-refractivity contribution is 9.10. The molecule has 16 heavy (non-hydrogen) atoms. The molecule has 0 amide bonds. The van der Waals surface area contributed by atoms with Gasteiger partial charge in [0.25, 0.3) is 0 Å². The third-order valence-corrected chi connectivity index (χ3v) is 3.67. The largest absolute Gasteiger partial charge is 0.360 e. The Morgan fingerprint density at radius 3 is 2.25 bits per heavy atom. The third kappa shape index (κ3) is 1.51. The van der Waals surface area contributed by atoms with Crippen molar-refractivity contribution in [2.24, 2.45) is 0 Å². The minimum absolute atomic E-state index is 0.165. The molecule has 88 valence electrons. The van der Waals surface area contributed by atoms with E-state index >= 15 is 0 Å². The van der Waals surface area contributed by atoms with Crippen LogP contribution in [0.3, 0.4) is 0 Å². The number of rotatable bonds is 0. The molecule has 1 aromatic rings. The molecule has 0 aromatic heterocycles. The van der Waals surface area contributed by atoms with E-state index in [1.807, 2.05) is 27.7 Å². The van der Waals surface area contributed by atoms with Gasteiger partial charge < -0.3 is 4.74 Å². The van der Waals surface area contributed by atoms with E-state index < -0.39 is 22.8 Å². The van der Waals surface area contributed by atoms with Crippen LogP contribution in [0.2, 0.25) is 0 Å². The Kier molecular flexibility index (Phi) is 2.45. The molecule has 1 nitrogen and oxygen atoms in total. The quantitative estimate of drug-likeness (QED) is 0.650. The predicted octanol–water partition coefficient (Wildman–Crippen LogP) is 4.23. The summed E-state index contributed by atoms with van der Waals surface area (Å²) in [4.78, 5) is 0. The number of ether oxygens (including phenoxy) is 1. The second-order valence-electron chi connectivity index (χ2n) is 5.03. The summed E-state index contributed by atoms with van der Waals surface area (Å²) < 4.78 is 32.9. The van der Waals surface area contributed by atoms with Crippen LogP contribution in [0.5, 0.6) is 0 Å². The van der Waals surface area contributed by atoms with Crippen molar-refractivity contribution in [2.75, 3.05) is 0 Å². The summed E-state index contributed by atoms with van der Waals surface area (Å²) in [7, 11) is 0. The summed E-state index contributed by atoms with van der Waals surface area (Å²) in [6.07, 6.45) is 0. The van der Waals surface area contributed by atoms with Crippen LogP contribution in [0, 0.1) is 11.6 Å². The smallest absolute Gasteiger partial charge is 0.173 e. The molecule has 0 unspecified atom stereocenters. The van der Waals surface area contributed by atoms with Crippen molar-refractivity contribution in [3.05, 3.63) is 33.3 Å². The van der Waals surface area contributed by atoms with Crippen LogP contribution in [0.25, 0.3) is 0 Å². The maximum atomic E-state index is 13.5. The van der Waals surface area contributed by atoms with Crippen molar-refractivity contribution in [3.63, 3.8) is 0 Å². The zero-order valence-corrected chi connectivity index (χ0v) is 11.2. The lowest BCUT2D eigenvalue weighted by Crippen LogP contribution is -2.22. The molecule has 0 fully saturated rings. The second kappa shape index (κ2) is 3.26. The first-order valence-electron chi connectivity index (χ1n) is 5.05. The van der Waals surface area contributed by atoms with Crippen molar-refractivity contribution in [2.45, 2.75) is 38.9 Å². The van der Waals surface area contributed by atoms with E-state index in [0.717, 1.165) is 0 Å². The highest BCUT2D eigenvalue weighted by atomic mass is 79.9. The van der Waals surface area contributed by atoms with Gasteiger partial charge in [-0.3, -0.25) is 0 Å². The van der Waals surface area contributed by atoms with Gasteiger partial charge in [0.15, 0.2) is 11.6 Å². The maximum absolute atomic E-state index is 13.5. The Balaban J connectivity index is 2.82. The average molecular weight is 291 g/mol. The third-order valence-electron chi connectivity index (χ3n) is 2.92. The van der Waals surface area contributed by atoms with Gasteiger partial charge in [-0.2, -0.15) is 0 Å². The molecule has 0 saturated heterocycles. The zero-order chi connectivity index (χ0) is 12.3. The fraction of sp³-hybridized carbons (Fsp3) is 0.500. The molecule has 1 heterocycles. The first-order chi connectivity index (χ1) is 7.17. The topological polar surface area (TPSA) is 9.23 Å². The molecule has 0 N–H and O–H groups in total. The molecule has 1 aliphatic rings. The van der Waals surface area contributed by atoms with E-state index in [1.54, 1.807) is 0 Å². The van der Waals surface area contributed by atoms with E-state index in [1.165, 1.54) is 6.07 Å². The van der Waals surface area contributed by atoms with E-state index in [-0.39, 0.29) is 4.47 Å². The van der Waals surface area contributed by atoms with Gasteiger partial charge in [0, 0.05) is 5.56 Å². The molecule has 0 radical (unpaired) electrons. The molecule has 4 heteroatoms. The lowest BCUT2D eigenvalue weighted by molar-refractivity contribution is -0.105. The van der Waals surface area contributed by atoms with Crippen LogP contribution >= 0.6 is 15.9 Å². The Morgan fingerprint density at radius 1 is 1.12 bits per heavy atom. The Labute approximate surface area is 102 Å². The van der Waals surface area contributed by atoms with Crippen molar-refractivity contribution < 1.29 is 13.5 Å². The second-order valence-corrected chi connectivity index (χ2v) is 5.82. The van der Waals surface area contributed by atoms with Crippen molar-refractivity contribution in [1.29, 1.82) is 0 Å². The molecular formula is C12H13BrF2O. The number of hydrogen-bond donors (Lipinski definition) is 0. The summed E-state index contributed by atoms with van der Waals surface area (Å²) in [5, 5.41) is 0. The minimum atomic E-state index is -0.854. The average Bonchev–Trinajstić information content (AvgIpc) is 2.28. The molecule has 0 bridgehead atoms. The van der Waals surface area contributed by atoms with E-state index in [4.69, 9.17) is 4.74 Å². The van der Waals surface area contributed by atoms with Gasteiger partial charge in [-0.15, -0.1) is 0 Å². The molecule has 0 aliphatic carbocycles. The van der Waals surface area contributed by atoms with E-state index in [9.17, 15) is 8.78 Å². The Bertz CT molecular complexity index is 467. The highest BCUT2D eigenvalue weighted by Gasteiger charge is 2.45. The van der Waals surface area contributed by atoms with Crippen molar-refractivity contribution in [3.8, 4) is 0 Å². The number of hydrogen-bond acceptors (Lipinski definition) is 1. The van der Waals surface area contributed by atoms with Gasteiger partial charge in [-0.05, 0) is 55.3 Å². The van der Waals surface area contributed by atoms with Gasteiger partial charge in [0.1, 0.15) is 0 Å². The van der Waals surface area contributed by atoms with E-state index in [2.05, 4.69) is 15.9 Å². The van der Waals surface area contributed by atoms with Gasteiger partial charge >= 0.3 is 0 Å². The summed E-state index contributed by atoms with van der Waals surface area (Å²) >= 11 is 3.11. The summed E-state index contributed by atoms with van der Waals surface area (Å²) in [6.45, 7) is 7.40. The fourth-order valence-corrected chi connectivity index (χ4v) is 3.28. The lowest BCUT2D eigenvalue weighted by atomic mass is 9.90. The number of halogens is 3. The van der Waals surface area contributed by atoms with Crippen LogP contribution in [0.15, 0.2) is 10.5 Å². The number of fused-ring (bicyclic) bond motifs is 1. The van der Waals surface area contributed by atoms with Gasteiger partial charge in [0.05, 0.1) is 15.7 Å². The first kappa shape index (κ1) is 12.0. The summed E-state index contributed by atoms with van der Waals surface area (Å²) in [5.41, 5.74) is 0.168. The van der Waals surface area contributed by atoms with Crippen LogP contribution in [0.4, 0.5) is 8.78 Å². The maximum Gasteiger partial charge on any atom is 0.173 e. The van der Waals surface area contributed by atoms with Crippen LogP contribution in [0.1, 0.15) is 38.8 Å². The van der Waals surface area contributed by atoms with Crippen molar-refractivity contribution >= 4 is 15.9 Å². The fourth-order valence-electron chi connectivity index (χ4n) is 2.40. The molecule has 2 rings (SSSR count). The van der Waals surface area contributed by atoms with Crippen molar-refractivity contribution in [1.82, 2.24) is 0 Å². The van der Waals surface area contributed by atoms with Gasteiger partial charge in [-0.1, -0.05) is 0 Å². The molecule has 0 spiro atoms. The number of benzene rings is 1. The Hall–Kier alpha value is -0.480. The molecular weight excluding hydrogens is 278 g/mol. The van der Waals surface area contributed by atoms with E-state index in [0.29, 0.717) is 11.1 Å². The predicted molar refractivity (Wildman–Crippen MR) is 61.2 cm³/mol.